The number of anilines is 2. The number of pyridine rings is 2. The molecule has 3 aromatic heterocycles. The molecule has 36 heavy (non-hydrogen) atoms. The van der Waals surface area contributed by atoms with Gasteiger partial charge in [-0.25, -0.2) is 4.98 Å². The summed E-state index contributed by atoms with van der Waals surface area (Å²) in [6.07, 6.45) is 3.70. The molecule has 0 atom stereocenters. The molecule has 1 N–H and O–H groups in total. The molecule has 6 rings (SSSR count). The van der Waals surface area contributed by atoms with Gasteiger partial charge < -0.3 is 9.80 Å². The van der Waals surface area contributed by atoms with Gasteiger partial charge in [-0.1, -0.05) is 30.3 Å². The Balaban J connectivity index is 1.34. The van der Waals surface area contributed by atoms with Crippen molar-refractivity contribution in [2.24, 2.45) is 0 Å². The van der Waals surface area contributed by atoms with Gasteiger partial charge in [-0.05, 0) is 49.7 Å². The summed E-state index contributed by atoms with van der Waals surface area (Å²) < 4.78 is 0. The highest BCUT2D eigenvalue weighted by atomic mass is 15.3. The molecule has 5 aromatic rings. The third-order valence-electron chi connectivity index (χ3n) is 7.15. The Labute approximate surface area is 210 Å². The largest absolute Gasteiger partial charge is 0.368 e. The van der Waals surface area contributed by atoms with E-state index in [-0.39, 0.29) is 0 Å². The molecule has 4 heterocycles. The smallest absolute Gasteiger partial charge is 0.128 e. The number of aromatic amines is 1. The van der Waals surface area contributed by atoms with Gasteiger partial charge in [-0.2, -0.15) is 10.4 Å². The Morgan fingerprint density at radius 2 is 1.69 bits per heavy atom. The van der Waals surface area contributed by atoms with Crippen molar-refractivity contribution in [3.05, 3.63) is 78.6 Å². The monoisotopic (exact) mass is 473 g/mol. The molecule has 7 heteroatoms. The van der Waals surface area contributed by atoms with Crippen molar-refractivity contribution in [3.8, 4) is 17.3 Å². The zero-order valence-electron chi connectivity index (χ0n) is 20.4. The minimum atomic E-state index is -0.529. The summed E-state index contributed by atoms with van der Waals surface area (Å²) in [7, 11) is 0. The molecule has 0 amide bonds. The quantitative estimate of drug-likeness (QED) is 0.381. The van der Waals surface area contributed by atoms with Crippen molar-refractivity contribution in [1.29, 1.82) is 5.26 Å². The molecule has 0 saturated carbocycles. The molecule has 0 unspecified atom stereocenters. The first-order chi connectivity index (χ1) is 17.5. The average molecular weight is 474 g/mol. The van der Waals surface area contributed by atoms with Crippen LogP contribution in [0.5, 0.6) is 0 Å². The molecule has 1 fully saturated rings. The van der Waals surface area contributed by atoms with Crippen LogP contribution in [0.2, 0.25) is 0 Å². The van der Waals surface area contributed by atoms with Crippen LogP contribution < -0.4 is 9.80 Å². The van der Waals surface area contributed by atoms with Crippen molar-refractivity contribution < 1.29 is 0 Å². The van der Waals surface area contributed by atoms with Gasteiger partial charge in [-0.15, -0.1) is 0 Å². The second-order valence-electron chi connectivity index (χ2n) is 9.80. The minimum absolute atomic E-state index is 0.529. The Kier molecular flexibility index (Phi) is 5.30. The second-order valence-corrected chi connectivity index (χ2v) is 9.80. The molecule has 0 bridgehead atoms. The third-order valence-corrected chi connectivity index (χ3v) is 7.15. The van der Waals surface area contributed by atoms with Crippen LogP contribution in [0.25, 0.3) is 33.1 Å². The Bertz CT molecular complexity index is 1570. The summed E-state index contributed by atoms with van der Waals surface area (Å²) in [6.45, 7) is 7.59. The SMILES string of the molecule is CC(C)(C#N)c1ccc(-c2n[nH]c3cnc4ccc(N5CCN(c6ccccn6)CC5)cc4c23)cc1. The highest BCUT2D eigenvalue weighted by Crippen LogP contribution is 2.35. The number of piperazine rings is 1. The Hall–Kier alpha value is -4.44. The van der Waals surface area contributed by atoms with Gasteiger partial charge in [0.2, 0.25) is 0 Å². The van der Waals surface area contributed by atoms with Crippen LogP contribution in [-0.4, -0.2) is 46.3 Å². The maximum absolute atomic E-state index is 9.48. The summed E-state index contributed by atoms with van der Waals surface area (Å²) >= 11 is 0. The van der Waals surface area contributed by atoms with Crippen LogP contribution in [0.1, 0.15) is 19.4 Å². The highest BCUT2D eigenvalue weighted by Gasteiger charge is 2.21. The first-order valence-corrected chi connectivity index (χ1v) is 12.2. The summed E-state index contributed by atoms with van der Waals surface area (Å²) in [6, 6.07) is 23.1. The van der Waals surface area contributed by atoms with Crippen LogP contribution in [0.15, 0.2) is 73.1 Å². The Morgan fingerprint density at radius 3 is 2.42 bits per heavy atom. The zero-order chi connectivity index (χ0) is 24.7. The van der Waals surface area contributed by atoms with Gasteiger partial charge in [0.15, 0.2) is 0 Å². The van der Waals surface area contributed by atoms with Gasteiger partial charge in [-0.3, -0.25) is 10.1 Å². The van der Waals surface area contributed by atoms with Gasteiger partial charge in [0.25, 0.3) is 0 Å². The molecule has 178 valence electrons. The molecular weight excluding hydrogens is 446 g/mol. The molecule has 7 nitrogen and oxygen atoms in total. The van der Waals surface area contributed by atoms with E-state index in [0.717, 1.165) is 70.6 Å². The maximum atomic E-state index is 9.48. The minimum Gasteiger partial charge on any atom is -0.368 e. The van der Waals surface area contributed by atoms with Crippen molar-refractivity contribution in [2.45, 2.75) is 19.3 Å². The number of hydrogen-bond donors (Lipinski definition) is 1. The van der Waals surface area contributed by atoms with E-state index >= 15 is 0 Å². The van der Waals surface area contributed by atoms with E-state index in [0.29, 0.717) is 0 Å². The summed E-state index contributed by atoms with van der Waals surface area (Å²) in [5.41, 5.74) is 5.43. The first-order valence-electron chi connectivity index (χ1n) is 12.2. The van der Waals surface area contributed by atoms with E-state index in [1.165, 1.54) is 5.69 Å². The van der Waals surface area contributed by atoms with Gasteiger partial charge in [0, 0.05) is 54.4 Å². The molecular formula is C29H27N7. The molecule has 0 aliphatic carbocycles. The first kappa shape index (κ1) is 22.1. The van der Waals surface area contributed by atoms with Gasteiger partial charge >= 0.3 is 0 Å². The van der Waals surface area contributed by atoms with Crippen molar-refractivity contribution in [3.63, 3.8) is 0 Å². The molecule has 0 radical (unpaired) electrons. The van der Waals surface area contributed by atoms with Crippen molar-refractivity contribution >= 4 is 33.3 Å². The van der Waals surface area contributed by atoms with E-state index in [4.69, 9.17) is 0 Å². The predicted molar refractivity (Wildman–Crippen MR) is 144 cm³/mol. The van der Waals surface area contributed by atoms with E-state index in [9.17, 15) is 5.26 Å². The molecule has 1 aliphatic rings. The van der Waals surface area contributed by atoms with Gasteiger partial charge in [0.1, 0.15) is 11.5 Å². The lowest BCUT2D eigenvalue weighted by Crippen LogP contribution is -2.46. The second kappa shape index (κ2) is 8.65. The summed E-state index contributed by atoms with van der Waals surface area (Å²) in [5, 5.41) is 19.5. The number of fused-ring (bicyclic) bond motifs is 3. The summed E-state index contributed by atoms with van der Waals surface area (Å²) in [4.78, 5) is 13.9. The number of rotatable bonds is 4. The predicted octanol–water partition coefficient (Wildman–Crippen LogP) is 5.30. The number of aromatic nitrogens is 4. The normalized spacial score (nSPS) is 14.4. The Morgan fingerprint density at radius 1 is 0.917 bits per heavy atom. The molecule has 1 saturated heterocycles. The topological polar surface area (TPSA) is 84.7 Å². The van der Waals surface area contributed by atoms with Crippen LogP contribution in [0, 0.1) is 11.3 Å². The van der Waals surface area contributed by atoms with E-state index < -0.39 is 5.41 Å². The lowest BCUT2D eigenvalue weighted by Gasteiger charge is -2.36. The number of hydrogen-bond acceptors (Lipinski definition) is 6. The lowest BCUT2D eigenvalue weighted by atomic mass is 9.86. The van der Waals surface area contributed by atoms with Gasteiger partial charge in [0.05, 0.1) is 28.7 Å². The fourth-order valence-corrected chi connectivity index (χ4v) is 4.94. The fourth-order valence-electron chi connectivity index (χ4n) is 4.94. The van der Waals surface area contributed by atoms with Crippen LogP contribution in [-0.2, 0) is 5.41 Å². The number of benzene rings is 2. The fraction of sp³-hybridized carbons (Fsp3) is 0.241. The van der Waals surface area contributed by atoms with E-state index in [2.05, 4.69) is 72.4 Å². The van der Waals surface area contributed by atoms with E-state index in [1.54, 1.807) is 0 Å². The standard InChI is InChI=1S/C29H27N7/c1-29(2,19-30)21-8-6-20(7-9-21)28-27-23-17-22(10-11-24(23)32-18-25(27)33-34-28)35-13-15-36(16-14-35)26-5-3-4-12-31-26/h3-12,17-18H,13-16H2,1-2H3,(H,33,34). The highest BCUT2D eigenvalue weighted by molar-refractivity contribution is 6.11. The molecule has 2 aromatic carbocycles. The lowest BCUT2D eigenvalue weighted by molar-refractivity contribution is 0.648. The summed E-state index contributed by atoms with van der Waals surface area (Å²) in [5.74, 6) is 1.04. The van der Waals surface area contributed by atoms with E-state index in [1.807, 2.05) is 50.5 Å². The molecule has 0 spiro atoms. The maximum Gasteiger partial charge on any atom is 0.128 e. The third kappa shape index (κ3) is 3.81. The zero-order valence-corrected chi connectivity index (χ0v) is 20.4. The average Bonchev–Trinajstić information content (AvgIpc) is 3.38. The molecule has 1 aliphatic heterocycles. The number of nitriles is 1. The van der Waals surface area contributed by atoms with Crippen molar-refractivity contribution in [2.75, 3.05) is 36.0 Å². The number of nitrogens with one attached hydrogen (secondary N) is 1. The van der Waals surface area contributed by atoms with Crippen LogP contribution in [0.4, 0.5) is 11.5 Å². The van der Waals surface area contributed by atoms with Crippen LogP contribution >= 0.6 is 0 Å². The number of H-pyrrole nitrogens is 1. The number of nitrogens with zero attached hydrogens (tertiary/aromatic N) is 6. The van der Waals surface area contributed by atoms with Crippen molar-refractivity contribution in [1.82, 2.24) is 20.2 Å². The van der Waals surface area contributed by atoms with Crippen LogP contribution in [0.3, 0.4) is 0 Å².